The van der Waals surface area contributed by atoms with Crippen LogP contribution in [0.4, 0.5) is 4.79 Å². The molecule has 0 radical (unpaired) electrons. The average Bonchev–Trinajstić information content (AvgIpc) is 3.23. The molecule has 5 nitrogen and oxygen atoms in total. The number of benzene rings is 2. The molecule has 0 atom stereocenters. The van der Waals surface area contributed by atoms with E-state index >= 15 is 0 Å². The summed E-state index contributed by atoms with van der Waals surface area (Å²) in [5.41, 5.74) is 4.89. The Bertz CT molecular complexity index is 1230. The molecule has 0 unspecified atom stereocenters. The van der Waals surface area contributed by atoms with Crippen molar-refractivity contribution < 1.29 is 14.3 Å². The van der Waals surface area contributed by atoms with E-state index in [1.807, 2.05) is 81.4 Å². The van der Waals surface area contributed by atoms with Gasteiger partial charge in [-0.2, -0.15) is 0 Å². The Morgan fingerprint density at radius 3 is 2.48 bits per heavy atom. The van der Waals surface area contributed by atoms with E-state index in [4.69, 9.17) is 16.3 Å². The van der Waals surface area contributed by atoms with Gasteiger partial charge in [0.05, 0.1) is 4.91 Å². The minimum absolute atomic E-state index is 0.200. The van der Waals surface area contributed by atoms with Gasteiger partial charge in [-0.3, -0.25) is 14.5 Å². The van der Waals surface area contributed by atoms with Gasteiger partial charge >= 0.3 is 0 Å². The lowest BCUT2D eigenvalue weighted by molar-refractivity contribution is -0.122. The van der Waals surface area contributed by atoms with Gasteiger partial charge in [0.15, 0.2) is 0 Å². The number of aromatic nitrogens is 1. The fourth-order valence-electron chi connectivity index (χ4n) is 3.86. The first-order valence-electron chi connectivity index (χ1n) is 10.8. The number of hydrogen-bond donors (Lipinski definition) is 0. The van der Waals surface area contributed by atoms with Gasteiger partial charge in [-0.25, -0.2) is 0 Å². The van der Waals surface area contributed by atoms with E-state index in [0.717, 1.165) is 52.1 Å². The molecule has 2 aromatic carbocycles. The molecule has 1 aliphatic heterocycles. The highest BCUT2D eigenvalue weighted by Crippen LogP contribution is 2.34. The van der Waals surface area contributed by atoms with Gasteiger partial charge in [-0.15, -0.1) is 0 Å². The molecule has 0 N–H and O–H groups in total. The third kappa shape index (κ3) is 4.87. The molecule has 1 aromatic heterocycles. The second-order valence-electron chi connectivity index (χ2n) is 7.87. The maximum atomic E-state index is 12.6. The van der Waals surface area contributed by atoms with Gasteiger partial charge in [0.1, 0.15) is 12.4 Å². The van der Waals surface area contributed by atoms with Crippen LogP contribution in [0.15, 0.2) is 59.5 Å². The summed E-state index contributed by atoms with van der Waals surface area (Å²) < 4.78 is 8.01. The molecule has 1 fully saturated rings. The molecule has 1 saturated heterocycles. The van der Waals surface area contributed by atoms with E-state index in [1.54, 1.807) is 0 Å². The van der Waals surface area contributed by atoms with Crippen molar-refractivity contribution in [3.05, 3.63) is 87.0 Å². The fourth-order valence-corrected chi connectivity index (χ4v) is 4.90. The van der Waals surface area contributed by atoms with Crippen LogP contribution in [-0.2, 0) is 11.4 Å². The molecule has 0 aliphatic carbocycles. The van der Waals surface area contributed by atoms with Crippen LogP contribution in [0.1, 0.15) is 35.9 Å². The Hall–Kier alpha value is -2.96. The van der Waals surface area contributed by atoms with E-state index in [-0.39, 0.29) is 11.1 Å². The maximum absolute atomic E-state index is 12.6. The summed E-state index contributed by atoms with van der Waals surface area (Å²) in [6.07, 6.45) is 2.57. The Morgan fingerprint density at radius 1 is 1.06 bits per heavy atom. The Labute approximate surface area is 203 Å². The van der Waals surface area contributed by atoms with E-state index in [1.165, 1.54) is 4.90 Å². The maximum Gasteiger partial charge on any atom is 0.293 e. The van der Waals surface area contributed by atoms with Crippen LogP contribution >= 0.6 is 23.4 Å². The van der Waals surface area contributed by atoms with Crippen molar-refractivity contribution in [3.8, 4) is 11.4 Å². The molecule has 7 heteroatoms. The van der Waals surface area contributed by atoms with Crippen molar-refractivity contribution >= 4 is 40.6 Å². The molecular weight excluding hydrogens is 456 g/mol. The molecule has 0 spiro atoms. The Kier molecular flexibility index (Phi) is 6.96. The largest absolute Gasteiger partial charge is 0.489 e. The lowest BCUT2D eigenvalue weighted by Crippen LogP contribution is -2.28. The minimum atomic E-state index is -0.211. The SMILES string of the molecule is CCCN1C(=O)S/C(=C/c2cc(C)n(-c3ccc(OCc4ccccc4Cl)cc3)c2C)C1=O. The molecule has 3 aromatic rings. The number of nitrogens with zero attached hydrogens (tertiary/aromatic N) is 2. The molecule has 0 bridgehead atoms. The van der Waals surface area contributed by atoms with Gasteiger partial charge < -0.3 is 9.30 Å². The highest BCUT2D eigenvalue weighted by atomic mass is 35.5. The molecule has 1 aliphatic rings. The number of thioether (sulfide) groups is 1. The van der Waals surface area contributed by atoms with Crippen LogP contribution in [0.25, 0.3) is 11.8 Å². The smallest absolute Gasteiger partial charge is 0.293 e. The third-order valence-electron chi connectivity index (χ3n) is 5.52. The van der Waals surface area contributed by atoms with Gasteiger partial charge in [-0.05, 0) is 80.1 Å². The van der Waals surface area contributed by atoms with Crippen LogP contribution < -0.4 is 4.74 Å². The van der Waals surface area contributed by atoms with E-state index in [0.29, 0.717) is 23.1 Å². The van der Waals surface area contributed by atoms with Crippen molar-refractivity contribution in [1.82, 2.24) is 9.47 Å². The zero-order chi connectivity index (χ0) is 23.5. The number of aryl methyl sites for hydroxylation is 1. The van der Waals surface area contributed by atoms with Crippen LogP contribution in [0.5, 0.6) is 5.75 Å². The average molecular weight is 481 g/mol. The highest BCUT2D eigenvalue weighted by molar-refractivity contribution is 8.18. The molecule has 2 heterocycles. The first-order valence-corrected chi connectivity index (χ1v) is 12.0. The van der Waals surface area contributed by atoms with Gasteiger partial charge in [0.25, 0.3) is 11.1 Å². The van der Waals surface area contributed by atoms with Crippen molar-refractivity contribution in [2.24, 2.45) is 0 Å². The van der Waals surface area contributed by atoms with Crippen LogP contribution in [0.2, 0.25) is 5.02 Å². The van der Waals surface area contributed by atoms with Crippen molar-refractivity contribution in [1.29, 1.82) is 0 Å². The second kappa shape index (κ2) is 9.89. The molecule has 4 rings (SSSR count). The lowest BCUT2D eigenvalue weighted by atomic mass is 10.2. The van der Waals surface area contributed by atoms with E-state index < -0.39 is 0 Å². The summed E-state index contributed by atoms with van der Waals surface area (Å²) in [6.45, 7) is 6.84. The number of carbonyl (C=O) groups excluding carboxylic acids is 2. The number of amides is 2. The number of carbonyl (C=O) groups is 2. The lowest BCUT2D eigenvalue weighted by Gasteiger charge is -2.12. The normalized spacial score (nSPS) is 15.0. The van der Waals surface area contributed by atoms with Crippen molar-refractivity contribution in [2.75, 3.05) is 6.54 Å². The van der Waals surface area contributed by atoms with Crippen LogP contribution in [0.3, 0.4) is 0 Å². The summed E-state index contributed by atoms with van der Waals surface area (Å²) in [7, 11) is 0. The fraction of sp³-hybridized carbons (Fsp3) is 0.231. The number of imide groups is 1. The molecule has 33 heavy (non-hydrogen) atoms. The quantitative estimate of drug-likeness (QED) is 0.350. The first kappa shape index (κ1) is 23.2. The molecule has 0 saturated carbocycles. The summed E-state index contributed by atoms with van der Waals surface area (Å²) in [6, 6.07) is 17.5. The zero-order valence-electron chi connectivity index (χ0n) is 18.8. The molecular formula is C26H25ClN2O3S. The summed E-state index contributed by atoms with van der Waals surface area (Å²) in [5, 5.41) is 0.488. The standard InChI is InChI=1S/C26H25ClN2O3S/c1-4-13-28-25(30)24(33-26(28)31)15-20-14-17(2)29(18(20)3)21-9-11-22(12-10-21)32-16-19-7-5-6-8-23(19)27/h5-12,14-15H,4,13,16H2,1-3H3/b24-15+. The topological polar surface area (TPSA) is 51.5 Å². The number of ether oxygens (including phenoxy) is 1. The molecule has 2 amide bonds. The van der Waals surface area contributed by atoms with Gasteiger partial charge in [-0.1, -0.05) is 36.7 Å². The minimum Gasteiger partial charge on any atom is -0.489 e. The molecule has 170 valence electrons. The van der Waals surface area contributed by atoms with E-state index in [2.05, 4.69) is 4.57 Å². The van der Waals surface area contributed by atoms with Crippen LogP contribution in [-0.4, -0.2) is 27.2 Å². The van der Waals surface area contributed by atoms with Gasteiger partial charge in [0.2, 0.25) is 0 Å². The number of rotatable bonds is 7. The summed E-state index contributed by atoms with van der Waals surface area (Å²) >= 11 is 7.21. The summed E-state index contributed by atoms with van der Waals surface area (Å²) in [4.78, 5) is 26.5. The third-order valence-corrected chi connectivity index (χ3v) is 6.80. The monoisotopic (exact) mass is 480 g/mol. The highest BCUT2D eigenvalue weighted by Gasteiger charge is 2.34. The Morgan fingerprint density at radius 2 is 1.79 bits per heavy atom. The van der Waals surface area contributed by atoms with Gasteiger partial charge in [0, 0.05) is 34.2 Å². The summed E-state index contributed by atoms with van der Waals surface area (Å²) in [5.74, 6) is 0.544. The second-order valence-corrected chi connectivity index (χ2v) is 9.27. The van der Waals surface area contributed by atoms with E-state index in [9.17, 15) is 9.59 Å². The predicted octanol–water partition coefficient (Wildman–Crippen LogP) is 6.77. The number of hydrogen-bond acceptors (Lipinski definition) is 4. The first-order chi connectivity index (χ1) is 15.9. The zero-order valence-corrected chi connectivity index (χ0v) is 20.4. The Balaban J connectivity index is 1.53. The van der Waals surface area contributed by atoms with Crippen molar-refractivity contribution in [3.63, 3.8) is 0 Å². The van der Waals surface area contributed by atoms with Crippen molar-refractivity contribution in [2.45, 2.75) is 33.8 Å². The predicted molar refractivity (Wildman–Crippen MR) is 134 cm³/mol. The number of halogens is 1. The van der Waals surface area contributed by atoms with Crippen LogP contribution in [0, 0.1) is 13.8 Å².